The van der Waals surface area contributed by atoms with Gasteiger partial charge in [-0.2, -0.15) is 0 Å². The van der Waals surface area contributed by atoms with Gasteiger partial charge in [-0.25, -0.2) is 0 Å². The lowest BCUT2D eigenvalue weighted by Gasteiger charge is -2.17. The Morgan fingerprint density at radius 2 is 0.881 bits per heavy atom. The highest BCUT2D eigenvalue weighted by Crippen LogP contribution is 2.46. The first-order valence-electron chi connectivity index (χ1n) is 14.3. The van der Waals surface area contributed by atoms with Gasteiger partial charge in [-0.1, -0.05) is 121 Å². The molecule has 0 fully saturated rings. The standard InChI is InChI=1S/C40H24O2/c1-2-10-25(11-3-1)26-18-20-27(21-19-26)39-29-13-4-6-15-31(29)40(32-16-7-5-14-30(32)39)35-24-41-37-23-38-33(22-34(35)37)28-12-8-9-17-36(28)42-38/h1-24H. The van der Waals surface area contributed by atoms with Gasteiger partial charge in [0.25, 0.3) is 0 Å². The fraction of sp³-hybridized carbons (Fsp3) is 0. The van der Waals surface area contributed by atoms with E-state index in [1.54, 1.807) is 0 Å². The topological polar surface area (TPSA) is 26.3 Å². The average molecular weight is 537 g/mol. The van der Waals surface area contributed by atoms with Gasteiger partial charge in [0.2, 0.25) is 0 Å². The Morgan fingerprint density at radius 3 is 1.57 bits per heavy atom. The second-order valence-electron chi connectivity index (χ2n) is 10.9. The van der Waals surface area contributed by atoms with E-state index in [4.69, 9.17) is 8.83 Å². The SMILES string of the molecule is c1ccc(-c2ccc(-c3c4ccccc4c(-c4coc5cc6oc7ccccc7c6cc45)c4ccccc34)cc2)cc1. The number of para-hydroxylation sites is 1. The molecule has 42 heavy (non-hydrogen) atoms. The average Bonchev–Trinajstić information content (AvgIpc) is 3.63. The van der Waals surface area contributed by atoms with Crippen molar-refractivity contribution < 1.29 is 8.83 Å². The van der Waals surface area contributed by atoms with Gasteiger partial charge >= 0.3 is 0 Å². The van der Waals surface area contributed by atoms with Crippen molar-refractivity contribution in [1.29, 1.82) is 0 Å². The molecule has 2 aromatic heterocycles. The number of furan rings is 2. The quantitative estimate of drug-likeness (QED) is 0.210. The van der Waals surface area contributed by atoms with Gasteiger partial charge in [-0.05, 0) is 55.9 Å². The van der Waals surface area contributed by atoms with Gasteiger partial charge in [0.05, 0.1) is 6.26 Å². The largest absolute Gasteiger partial charge is 0.464 e. The van der Waals surface area contributed by atoms with Crippen LogP contribution in [0.1, 0.15) is 0 Å². The monoisotopic (exact) mass is 536 g/mol. The van der Waals surface area contributed by atoms with Crippen LogP contribution >= 0.6 is 0 Å². The molecule has 9 aromatic rings. The predicted molar refractivity (Wildman–Crippen MR) is 175 cm³/mol. The van der Waals surface area contributed by atoms with Gasteiger partial charge in [0.15, 0.2) is 0 Å². The van der Waals surface area contributed by atoms with Gasteiger partial charge in [0, 0.05) is 33.4 Å². The van der Waals surface area contributed by atoms with Gasteiger partial charge in [-0.15, -0.1) is 0 Å². The molecule has 0 N–H and O–H groups in total. The van der Waals surface area contributed by atoms with Crippen molar-refractivity contribution in [3.05, 3.63) is 146 Å². The number of fused-ring (bicyclic) bond motifs is 6. The molecule has 2 nitrogen and oxygen atoms in total. The number of benzene rings is 7. The Morgan fingerprint density at radius 1 is 0.333 bits per heavy atom. The molecule has 196 valence electrons. The molecule has 2 heteroatoms. The number of hydrogen-bond acceptors (Lipinski definition) is 2. The highest BCUT2D eigenvalue weighted by atomic mass is 16.3. The maximum Gasteiger partial charge on any atom is 0.139 e. The van der Waals surface area contributed by atoms with Gasteiger partial charge in [-0.3, -0.25) is 0 Å². The molecular weight excluding hydrogens is 512 g/mol. The van der Waals surface area contributed by atoms with Crippen LogP contribution in [0.15, 0.2) is 155 Å². The fourth-order valence-corrected chi connectivity index (χ4v) is 6.63. The molecule has 0 aliphatic carbocycles. The van der Waals surface area contributed by atoms with Crippen LogP contribution in [-0.2, 0) is 0 Å². The molecule has 0 aliphatic rings. The molecule has 0 spiro atoms. The smallest absolute Gasteiger partial charge is 0.139 e. The summed E-state index contributed by atoms with van der Waals surface area (Å²) in [4.78, 5) is 0. The van der Waals surface area contributed by atoms with E-state index >= 15 is 0 Å². The maximum absolute atomic E-state index is 6.22. The molecular formula is C40H24O2. The normalized spacial score (nSPS) is 11.8. The third kappa shape index (κ3) is 3.39. The predicted octanol–water partition coefficient (Wildman–Crippen LogP) is 11.6. The second kappa shape index (κ2) is 8.95. The summed E-state index contributed by atoms with van der Waals surface area (Å²) in [7, 11) is 0. The van der Waals surface area contributed by atoms with E-state index in [9.17, 15) is 0 Å². The lowest BCUT2D eigenvalue weighted by atomic mass is 9.85. The summed E-state index contributed by atoms with van der Waals surface area (Å²) in [5.41, 5.74) is 9.73. The van der Waals surface area contributed by atoms with E-state index in [-0.39, 0.29) is 0 Å². The second-order valence-corrected chi connectivity index (χ2v) is 10.9. The minimum absolute atomic E-state index is 0.824. The van der Waals surface area contributed by atoms with Crippen LogP contribution in [-0.4, -0.2) is 0 Å². The van der Waals surface area contributed by atoms with Gasteiger partial charge < -0.3 is 8.83 Å². The molecule has 0 bridgehead atoms. The van der Waals surface area contributed by atoms with Crippen molar-refractivity contribution in [2.45, 2.75) is 0 Å². The first kappa shape index (κ1) is 23.1. The van der Waals surface area contributed by atoms with E-state index in [0.29, 0.717) is 0 Å². The maximum atomic E-state index is 6.22. The molecule has 0 saturated carbocycles. The highest BCUT2D eigenvalue weighted by Gasteiger charge is 2.20. The van der Waals surface area contributed by atoms with Crippen molar-refractivity contribution in [2.24, 2.45) is 0 Å². The summed E-state index contributed by atoms with van der Waals surface area (Å²) in [6.07, 6.45) is 1.91. The first-order valence-corrected chi connectivity index (χ1v) is 14.3. The lowest BCUT2D eigenvalue weighted by Crippen LogP contribution is -1.90. The van der Waals surface area contributed by atoms with Crippen molar-refractivity contribution in [3.8, 4) is 33.4 Å². The third-order valence-electron chi connectivity index (χ3n) is 8.55. The van der Waals surface area contributed by atoms with Crippen LogP contribution < -0.4 is 0 Å². The van der Waals surface area contributed by atoms with Crippen molar-refractivity contribution in [1.82, 2.24) is 0 Å². The zero-order valence-electron chi connectivity index (χ0n) is 22.7. The van der Waals surface area contributed by atoms with Crippen LogP contribution in [0.2, 0.25) is 0 Å². The molecule has 0 radical (unpaired) electrons. The minimum atomic E-state index is 0.824. The number of hydrogen-bond donors (Lipinski definition) is 0. The van der Waals surface area contributed by atoms with Crippen LogP contribution in [0.3, 0.4) is 0 Å². The van der Waals surface area contributed by atoms with Crippen molar-refractivity contribution in [3.63, 3.8) is 0 Å². The van der Waals surface area contributed by atoms with E-state index in [1.807, 2.05) is 24.5 Å². The Bertz CT molecular complexity index is 2380. The molecule has 0 atom stereocenters. The van der Waals surface area contributed by atoms with Crippen molar-refractivity contribution >= 4 is 54.5 Å². The van der Waals surface area contributed by atoms with Crippen molar-refractivity contribution in [2.75, 3.05) is 0 Å². The van der Waals surface area contributed by atoms with E-state index in [2.05, 4.69) is 121 Å². The summed E-state index contributed by atoms with van der Waals surface area (Å²) in [6, 6.07) is 49.5. The molecule has 0 unspecified atom stereocenters. The van der Waals surface area contributed by atoms with E-state index in [1.165, 1.54) is 49.4 Å². The molecule has 2 heterocycles. The first-order chi connectivity index (χ1) is 20.8. The summed E-state index contributed by atoms with van der Waals surface area (Å²) < 4.78 is 12.4. The van der Waals surface area contributed by atoms with Crippen LogP contribution in [0.25, 0.3) is 87.8 Å². The minimum Gasteiger partial charge on any atom is -0.464 e. The molecule has 9 rings (SSSR count). The summed E-state index contributed by atoms with van der Waals surface area (Å²) in [6.45, 7) is 0. The van der Waals surface area contributed by atoms with Crippen LogP contribution in [0.5, 0.6) is 0 Å². The lowest BCUT2D eigenvalue weighted by molar-refractivity contribution is 0.614. The highest BCUT2D eigenvalue weighted by molar-refractivity contribution is 6.24. The Hall–Kier alpha value is -5.60. The van der Waals surface area contributed by atoms with E-state index in [0.717, 1.165) is 38.5 Å². The Balaban J connectivity index is 1.32. The summed E-state index contributed by atoms with van der Waals surface area (Å²) >= 11 is 0. The molecule has 0 amide bonds. The molecule has 0 aliphatic heterocycles. The zero-order chi connectivity index (χ0) is 27.6. The van der Waals surface area contributed by atoms with Gasteiger partial charge in [0.1, 0.15) is 16.7 Å². The Labute approximate surface area is 242 Å². The van der Waals surface area contributed by atoms with Crippen LogP contribution in [0.4, 0.5) is 0 Å². The summed E-state index contributed by atoms with van der Waals surface area (Å²) in [5, 5.41) is 8.17. The summed E-state index contributed by atoms with van der Waals surface area (Å²) in [5.74, 6) is 0. The third-order valence-corrected chi connectivity index (χ3v) is 8.55. The van der Waals surface area contributed by atoms with Crippen LogP contribution in [0, 0.1) is 0 Å². The fourth-order valence-electron chi connectivity index (χ4n) is 6.63. The Kier molecular flexibility index (Phi) is 4.93. The van der Waals surface area contributed by atoms with E-state index < -0.39 is 0 Å². The molecule has 7 aromatic carbocycles. The molecule has 0 saturated heterocycles. The number of rotatable bonds is 3. The zero-order valence-corrected chi connectivity index (χ0v) is 22.7.